The topological polar surface area (TPSA) is 86.8 Å². The van der Waals surface area contributed by atoms with Gasteiger partial charge in [-0.1, -0.05) is 104 Å². The van der Waals surface area contributed by atoms with E-state index in [2.05, 4.69) is 5.32 Å². The van der Waals surface area contributed by atoms with Crippen molar-refractivity contribution >= 4 is 50.7 Å². The van der Waals surface area contributed by atoms with Crippen LogP contribution in [-0.4, -0.2) is 44.3 Å². The lowest BCUT2D eigenvalue weighted by atomic mass is 10.0. The van der Waals surface area contributed by atoms with Crippen molar-refractivity contribution in [3.05, 3.63) is 129 Å². The van der Waals surface area contributed by atoms with Gasteiger partial charge in [0.25, 0.3) is 10.0 Å². The molecule has 1 N–H and O–H groups in total. The van der Waals surface area contributed by atoms with Gasteiger partial charge < -0.3 is 10.2 Å². The van der Waals surface area contributed by atoms with Crippen LogP contribution >= 0.6 is 23.2 Å². The first kappa shape index (κ1) is 35.0. The third-order valence-corrected chi connectivity index (χ3v) is 10.0. The van der Waals surface area contributed by atoms with Crippen molar-refractivity contribution in [2.75, 3.05) is 17.4 Å². The van der Waals surface area contributed by atoms with Gasteiger partial charge in [-0.25, -0.2) is 8.42 Å². The Hall–Kier alpha value is -3.85. The third-order valence-electron chi connectivity index (χ3n) is 7.54. The van der Waals surface area contributed by atoms with Gasteiger partial charge >= 0.3 is 0 Å². The van der Waals surface area contributed by atoms with E-state index in [9.17, 15) is 18.0 Å². The van der Waals surface area contributed by atoms with Crippen molar-refractivity contribution in [2.45, 2.75) is 51.6 Å². The predicted molar refractivity (Wildman–Crippen MR) is 186 cm³/mol. The minimum Gasteiger partial charge on any atom is -0.354 e. The van der Waals surface area contributed by atoms with Crippen LogP contribution in [0.1, 0.15) is 36.1 Å². The number of anilines is 1. The predicted octanol–water partition coefficient (Wildman–Crippen LogP) is 7.22. The number of hydrogen-bond acceptors (Lipinski definition) is 4. The number of benzene rings is 4. The highest BCUT2D eigenvalue weighted by atomic mass is 35.5. The molecule has 242 valence electrons. The standard InChI is InChI=1S/C36H39Cl2N3O4S/c1-25(2)22-39-36(43)34(21-28-11-7-5-8-12-28)40(23-29-17-18-31(37)32(38)20-29)35(42)24-41(33-19-26(3)15-16-27(33)4)46(44,45)30-13-9-6-10-14-30/h5-20,25,34H,21-24H2,1-4H3,(H,39,43)/t34-/m0/s1. The Morgan fingerprint density at radius 1 is 0.804 bits per heavy atom. The van der Waals surface area contributed by atoms with Crippen LogP contribution < -0.4 is 9.62 Å². The number of rotatable bonds is 13. The summed E-state index contributed by atoms with van der Waals surface area (Å²) in [6.07, 6.45) is 0.215. The lowest BCUT2D eigenvalue weighted by molar-refractivity contribution is -0.140. The molecule has 0 aliphatic rings. The van der Waals surface area contributed by atoms with Gasteiger partial charge in [0.1, 0.15) is 12.6 Å². The molecular weight excluding hydrogens is 641 g/mol. The van der Waals surface area contributed by atoms with Gasteiger partial charge in [0.15, 0.2) is 0 Å². The number of nitrogens with one attached hydrogen (secondary N) is 1. The molecule has 0 aliphatic heterocycles. The van der Waals surface area contributed by atoms with E-state index < -0.39 is 28.5 Å². The van der Waals surface area contributed by atoms with Crippen LogP contribution in [0.5, 0.6) is 0 Å². The summed E-state index contributed by atoms with van der Waals surface area (Å²) in [6.45, 7) is 7.51. The fraction of sp³-hybridized carbons (Fsp3) is 0.278. The van der Waals surface area contributed by atoms with Gasteiger partial charge in [-0.05, 0) is 72.4 Å². The summed E-state index contributed by atoms with van der Waals surface area (Å²) in [5.41, 5.74) is 3.40. The zero-order valence-electron chi connectivity index (χ0n) is 26.4. The first-order valence-electron chi connectivity index (χ1n) is 15.1. The van der Waals surface area contributed by atoms with E-state index in [1.807, 2.05) is 63.2 Å². The summed E-state index contributed by atoms with van der Waals surface area (Å²) in [6, 6.07) is 27.0. The van der Waals surface area contributed by atoms with Crippen molar-refractivity contribution < 1.29 is 18.0 Å². The summed E-state index contributed by atoms with van der Waals surface area (Å²) in [5, 5.41) is 3.65. The lowest BCUT2D eigenvalue weighted by Gasteiger charge is -2.34. The molecule has 0 heterocycles. The van der Waals surface area contributed by atoms with E-state index in [0.717, 1.165) is 15.4 Å². The average molecular weight is 681 g/mol. The molecule has 0 fully saturated rings. The quantitative estimate of drug-likeness (QED) is 0.162. The molecule has 0 radical (unpaired) electrons. The molecule has 7 nitrogen and oxygen atoms in total. The molecule has 0 saturated carbocycles. The second-order valence-electron chi connectivity index (χ2n) is 11.7. The number of hydrogen-bond donors (Lipinski definition) is 1. The molecule has 0 saturated heterocycles. The number of carbonyl (C=O) groups excluding carboxylic acids is 2. The highest BCUT2D eigenvalue weighted by Gasteiger charge is 2.35. The Morgan fingerprint density at radius 2 is 1.46 bits per heavy atom. The molecule has 4 aromatic rings. The van der Waals surface area contributed by atoms with Gasteiger partial charge in [0.05, 0.1) is 20.6 Å². The highest BCUT2D eigenvalue weighted by molar-refractivity contribution is 7.92. The second kappa shape index (κ2) is 15.6. The molecule has 0 unspecified atom stereocenters. The van der Waals surface area contributed by atoms with Gasteiger partial charge in [-0.2, -0.15) is 0 Å². The minimum absolute atomic E-state index is 0.00561. The molecule has 1 atom stereocenters. The van der Waals surface area contributed by atoms with E-state index in [-0.39, 0.29) is 29.7 Å². The zero-order chi connectivity index (χ0) is 33.4. The first-order valence-corrected chi connectivity index (χ1v) is 17.3. The Morgan fingerprint density at radius 3 is 2.09 bits per heavy atom. The highest BCUT2D eigenvalue weighted by Crippen LogP contribution is 2.29. The smallest absolute Gasteiger partial charge is 0.264 e. The van der Waals surface area contributed by atoms with E-state index in [1.165, 1.54) is 17.0 Å². The molecule has 0 spiro atoms. The SMILES string of the molecule is Cc1ccc(C)c(N(CC(=O)N(Cc2ccc(Cl)c(Cl)c2)[C@@H](Cc2ccccc2)C(=O)NCC(C)C)S(=O)(=O)c2ccccc2)c1. The van der Waals surface area contributed by atoms with Gasteiger partial charge in [-0.3, -0.25) is 13.9 Å². The molecule has 4 rings (SSSR count). The van der Waals surface area contributed by atoms with Crippen LogP contribution in [0.3, 0.4) is 0 Å². The van der Waals surface area contributed by atoms with E-state index >= 15 is 0 Å². The largest absolute Gasteiger partial charge is 0.354 e. The first-order chi connectivity index (χ1) is 21.9. The minimum atomic E-state index is -4.19. The van der Waals surface area contributed by atoms with E-state index in [1.54, 1.807) is 49.4 Å². The number of amides is 2. The van der Waals surface area contributed by atoms with Crippen LogP contribution in [-0.2, 0) is 32.6 Å². The van der Waals surface area contributed by atoms with Crippen molar-refractivity contribution in [1.82, 2.24) is 10.2 Å². The van der Waals surface area contributed by atoms with Crippen LogP contribution in [0.4, 0.5) is 5.69 Å². The average Bonchev–Trinajstić information content (AvgIpc) is 3.04. The van der Waals surface area contributed by atoms with E-state index in [4.69, 9.17) is 23.2 Å². The number of carbonyl (C=O) groups is 2. The molecule has 0 bridgehead atoms. The fourth-order valence-corrected chi connectivity index (χ4v) is 6.84. The Kier molecular flexibility index (Phi) is 11.9. The summed E-state index contributed by atoms with van der Waals surface area (Å²) in [7, 11) is -4.19. The molecule has 0 aromatic heterocycles. The summed E-state index contributed by atoms with van der Waals surface area (Å²) >= 11 is 12.5. The van der Waals surface area contributed by atoms with Crippen molar-refractivity contribution in [3.8, 4) is 0 Å². The molecule has 10 heteroatoms. The fourth-order valence-electron chi connectivity index (χ4n) is 5.03. The molecule has 4 aromatic carbocycles. The van der Waals surface area contributed by atoms with Crippen molar-refractivity contribution in [2.24, 2.45) is 5.92 Å². The summed E-state index contributed by atoms with van der Waals surface area (Å²) in [4.78, 5) is 30.0. The maximum absolute atomic E-state index is 14.6. The Labute approximate surface area is 282 Å². The number of nitrogens with zero attached hydrogens (tertiary/aromatic N) is 2. The monoisotopic (exact) mass is 679 g/mol. The Bertz CT molecular complexity index is 1770. The van der Waals surface area contributed by atoms with Crippen LogP contribution in [0.15, 0.2) is 102 Å². The van der Waals surface area contributed by atoms with Crippen LogP contribution in [0.25, 0.3) is 0 Å². The van der Waals surface area contributed by atoms with Gasteiger partial charge in [-0.15, -0.1) is 0 Å². The number of sulfonamides is 1. The number of halogens is 2. The van der Waals surface area contributed by atoms with Crippen LogP contribution in [0.2, 0.25) is 10.0 Å². The Balaban J connectivity index is 1.83. The van der Waals surface area contributed by atoms with Gasteiger partial charge in [0, 0.05) is 19.5 Å². The summed E-state index contributed by atoms with van der Waals surface area (Å²) in [5.74, 6) is -0.710. The second-order valence-corrected chi connectivity index (χ2v) is 14.4. The normalized spacial score (nSPS) is 12.1. The molecule has 2 amide bonds. The van der Waals surface area contributed by atoms with Crippen molar-refractivity contribution in [3.63, 3.8) is 0 Å². The zero-order valence-corrected chi connectivity index (χ0v) is 28.7. The van der Waals surface area contributed by atoms with Crippen LogP contribution in [0, 0.1) is 19.8 Å². The maximum atomic E-state index is 14.6. The molecule has 46 heavy (non-hydrogen) atoms. The lowest BCUT2D eigenvalue weighted by Crippen LogP contribution is -2.53. The third kappa shape index (κ3) is 8.90. The summed E-state index contributed by atoms with van der Waals surface area (Å²) < 4.78 is 29.6. The maximum Gasteiger partial charge on any atom is 0.264 e. The van der Waals surface area contributed by atoms with Crippen molar-refractivity contribution in [1.29, 1.82) is 0 Å². The van der Waals surface area contributed by atoms with E-state index in [0.29, 0.717) is 33.4 Å². The van der Waals surface area contributed by atoms with Gasteiger partial charge in [0.2, 0.25) is 11.8 Å². The number of aryl methyl sites for hydroxylation is 2. The molecule has 0 aliphatic carbocycles. The molecular formula is C36H39Cl2N3O4S.